The van der Waals surface area contributed by atoms with E-state index in [1.165, 1.54) is 43.9 Å². The van der Waals surface area contributed by atoms with E-state index in [2.05, 4.69) is 96.3 Å². The third kappa shape index (κ3) is 3.40. The van der Waals surface area contributed by atoms with Gasteiger partial charge in [0.1, 0.15) is 12.8 Å². The molecule has 0 spiro atoms. The molecule has 0 N–H and O–H groups in total. The van der Waals surface area contributed by atoms with Crippen LogP contribution in [0.2, 0.25) is 19.6 Å². The van der Waals surface area contributed by atoms with Gasteiger partial charge in [0.25, 0.3) is 5.69 Å². The van der Waals surface area contributed by atoms with E-state index in [0.29, 0.717) is 0 Å². The van der Waals surface area contributed by atoms with Gasteiger partial charge in [0, 0.05) is 11.5 Å². The minimum atomic E-state index is -1.56. The number of pyridine rings is 1. The molecule has 0 fully saturated rings. The number of hydrogen-bond acceptors (Lipinski definition) is 1. The Kier molecular flexibility index (Phi) is 4.47. The fourth-order valence-corrected chi connectivity index (χ4v) is 6.04. The highest BCUT2D eigenvalue weighted by Crippen LogP contribution is 2.47. The average molecular weight is 405 g/mol. The number of rotatable bonds is 2. The predicted molar refractivity (Wildman–Crippen MR) is 126 cm³/mol. The number of ether oxygens (including phenoxy) is 1. The molecule has 3 aromatic rings. The Bertz CT molecular complexity index is 1150. The number of nitrogens with zero attached hydrogens (tertiary/aromatic N) is 1. The van der Waals surface area contributed by atoms with Gasteiger partial charge in [0.05, 0.1) is 13.6 Å². The van der Waals surface area contributed by atoms with E-state index in [1.807, 2.05) is 0 Å². The van der Waals surface area contributed by atoms with Crippen molar-refractivity contribution in [3.63, 3.8) is 0 Å². The van der Waals surface area contributed by atoms with Crippen LogP contribution in [0.3, 0.4) is 0 Å². The largest absolute Gasteiger partial charge is 0.450 e. The molecule has 4 rings (SSSR count). The van der Waals surface area contributed by atoms with Crippen molar-refractivity contribution >= 4 is 24.0 Å². The Hall–Kier alpha value is -2.13. The minimum absolute atomic E-state index is 0.242. The molecule has 0 aliphatic carbocycles. The van der Waals surface area contributed by atoms with E-state index in [-0.39, 0.29) is 5.41 Å². The van der Waals surface area contributed by atoms with Crippen molar-refractivity contribution in [2.75, 3.05) is 0 Å². The van der Waals surface area contributed by atoms with Crippen LogP contribution in [0.15, 0.2) is 30.5 Å². The van der Waals surface area contributed by atoms with Crippen molar-refractivity contribution in [1.82, 2.24) is 0 Å². The van der Waals surface area contributed by atoms with Gasteiger partial charge < -0.3 is 4.74 Å². The first-order valence-electron chi connectivity index (χ1n) is 10.6. The van der Waals surface area contributed by atoms with Crippen molar-refractivity contribution in [3.05, 3.63) is 47.2 Å². The van der Waals surface area contributed by atoms with Crippen LogP contribution in [0, 0.1) is 19.3 Å². The lowest BCUT2D eigenvalue weighted by atomic mass is 9.85. The van der Waals surface area contributed by atoms with Crippen LogP contribution in [0.4, 0.5) is 0 Å². The van der Waals surface area contributed by atoms with Crippen LogP contribution >= 0.6 is 0 Å². The number of hydrogen-bond donors (Lipinski definition) is 0. The molecule has 152 valence electrons. The summed E-state index contributed by atoms with van der Waals surface area (Å²) < 4.78 is 8.99. The molecule has 1 aliphatic rings. The zero-order chi connectivity index (χ0) is 21.3. The second-order valence-corrected chi connectivity index (χ2v) is 16.0. The second kappa shape index (κ2) is 6.43. The van der Waals surface area contributed by atoms with E-state index in [1.54, 1.807) is 0 Å². The first-order chi connectivity index (χ1) is 13.4. The topological polar surface area (TPSA) is 13.1 Å². The first kappa shape index (κ1) is 20.2. The third-order valence-electron chi connectivity index (χ3n) is 6.05. The summed E-state index contributed by atoms with van der Waals surface area (Å²) in [6.07, 6.45) is 3.25. The average Bonchev–Trinajstić information content (AvgIpc) is 2.56. The third-order valence-corrected chi connectivity index (χ3v) is 8.06. The van der Waals surface area contributed by atoms with Crippen LogP contribution < -0.4 is 14.5 Å². The van der Waals surface area contributed by atoms with Crippen molar-refractivity contribution < 1.29 is 9.30 Å². The Balaban J connectivity index is 2.11. The molecular weight excluding hydrogens is 370 g/mol. The maximum atomic E-state index is 6.75. The summed E-state index contributed by atoms with van der Waals surface area (Å²) in [4.78, 5) is 0. The second-order valence-electron chi connectivity index (χ2n) is 11.0. The fraction of sp³-hybridized carbons (Fsp3) is 0.423. The Morgan fingerprint density at radius 1 is 1.03 bits per heavy atom. The Morgan fingerprint density at radius 3 is 2.34 bits per heavy atom. The van der Waals surface area contributed by atoms with Gasteiger partial charge >= 0.3 is 0 Å². The van der Waals surface area contributed by atoms with Crippen molar-refractivity contribution in [1.29, 1.82) is 0 Å². The molecule has 0 saturated carbocycles. The molecule has 0 amide bonds. The van der Waals surface area contributed by atoms with Crippen molar-refractivity contribution in [2.24, 2.45) is 12.5 Å². The summed E-state index contributed by atoms with van der Waals surface area (Å²) in [5, 5.41) is 3.96. The van der Waals surface area contributed by atoms with Gasteiger partial charge in [-0.2, -0.15) is 4.57 Å². The van der Waals surface area contributed by atoms with E-state index in [9.17, 15) is 0 Å². The minimum Gasteiger partial charge on any atom is -0.450 e. The number of fused-ring (bicyclic) bond motifs is 2. The molecule has 29 heavy (non-hydrogen) atoms. The monoisotopic (exact) mass is 404 g/mol. The van der Waals surface area contributed by atoms with Crippen molar-refractivity contribution in [3.8, 4) is 22.8 Å². The van der Waals surface area contributed by atoms with E-state index in [0.717, 1.165) is 17.9 Å². The molecule has 2 aromatic carbocycles. The van der Waals surface area contributed by atoms with Gasteiger partial charge in [0.15, 0.2) is 11.9 Å². The molecule has 0 saturated heterocycles. The van der Waals surface area contributed by atoms with E-state index >= 15 is 0 Å². The first-order valence-corrected chi connectivity index (χ1v) is 14.1. The SMILES string of the molecule is Cc1cc2cc(CC(C)(C)C)cc3c2c(c1C)-c1c(c([Si](C)(C)C)cc[n+]1C)O3. The van der Waals surface area contributed by atoms with Gasteiger partial charge in [-0.3, -0.25) is 0 Å². The zero-order valence-electron chi connectivity index (χ0n) is 19.4. The number of aryl methyl sites for hydroxylation is 2. The standard InChI is InChI=1S/C26H34NOSi/c1-16-12-19-13-18(15-26(3,4)5)14-20-23(19)22(17(16)2)24-25(28-20)21(29(7,8)9)10-11-27(24)6/h10-14H,15H2,1-9H3/q+1. The van der Waals surface area contributed by atoms with Crippen LogP contribution in [-0.2, 0) is 13.5 Å². The van der Waals surface area contributed by atoms with Crippen LogP contribution in [0.25, 0.3) is 22.0 Å². The van der Waals surface area contributed by atoms with Gasteiger partial charge in [-0.05, 0) is 59.0 Å². The number of benzene rings is 2. The van der Waals surface area contributed by atoms with E-state index < -0.39 is 8.07 Å². The summed E-state index contributed by atoms with van der Waals surface area (Å²) in [6, 6.07) is 9.27. The molecule has 0 radical (unpaired) electrons. The zero-order valence-corrected chi connectivity index (χ0v) is 20.4. The summed E-state index contributed by atoms with van der Waals surface area (Å²) in [6.45, 7) is 18.6. The molecule has 1 aliphatic heterocycles. The summed E-state index contributed by atoms with van der Waals surface area (Å²) in [5.74, 6) is 2.10. The summed E-state index contributed by atoms with van der Waals surface area (Å²) in [5.41, 5.74) is 6.87. The molecule has 1 aromatic heterocycles. The molecule has 0 bridgehead atoms. The van der Waals surface area contributed by atoms with Crippen LogP contribution in [0.5, 0.6) is 11.5 Å². The number of aromatic nitrogens is 1. The van der Waals surface area contributed by atoms with Crippen molar-refractivity contribution in [2.45, 2.75) is 60.7 Å². The predicted octanol–water partition coefficient (Wildman–Crippen LogP) is 6.19. The molecular formula is C26H34NOSi+. The maximum absolute atomic E-state index is 6.75. The van der Waals surface area contributed by atoms with E-state index in [4.69, 9.17) is 4.74 Å². The maximum Gasteiger partial charge on any atom is 0.256 e. The van der Waals surface area contributed by atoms with Gasteiger partial charge in [-0.25, -0.2) is 0 Å². The smallest absolute Gasteiger partial charge is 0.256 e. The highest BCUT2D eigenvalue weighted by atomic mass is 28.3. The Morgan fingerprint density at radius 2 is 1.72 bits per heavy atom. The molecule has 2 nitrogen and oxygen atoms in total. The van der Waals surface area contributed by atoms with Crippen LogP contribution in [0.1, 0.15) is 37.5 Å². The molecule has 3 heteroatoms. The summed E-state index contributed by atoms with van der Waals surface area (Å²) in [7, 11) is 0.581. The lowest BCUT2D eigenvalue weighted by Gasteiger charge is -2.28. The van der Waals surface area contributed by atoms with Gasteiger partial charge in [0.2, 0.25) is 0 Å². The molecule has 0 atom stereocenters. The summed E-state index contributed by atoms with van der Waals surface area (Å²) >= 11 is 0. The van der Waals surface area contributed by atoms with Crippen LogP contribution in [-0.4, -0.2) is 8.07 Å². The highest BCUT2D eigenvalue weighted by molar-refractivity contribution is 6.89. The lowest BCUT2D eigenvalue weighted by Crippen LogP contribution is -2.43. The molecule has 2 heterocycles. The fourth-order valence-electron chi connectivity index (χ4n) is 4.61. The van der Waals surface area contributed by atoms with Gasteiger partial charge in [-0.1, -0.05) is 52.5 Å². The molecule has 0 unspecified atom stereocenters. The highest BCUT2D eigenvalue weighted by Gasteiger charge is 2.35. The van der Waals surface area contributed by atoms with Gasteiger partial charge in [-0.15, -0.1) is 0 Å². The Labute approximate surface area is 176 Å². The quantitative estimate of drug-likeness (QED) is 0.287. The normalized spacial score (nSPS) is 13.4. The lowest BCUT2D eigenvalue weighted by molar-refractivity contribution is -0.660.